The molecule has 0 radical (unpaired) electrons. The van der Waals surface area contributed by atoms with Crippen LogP contribution in [0.25, 0.3) is 0 Å². The molecule has 5 nitrogen and oxygen atoms in total. The van der Waals surface area contributed by atoms with Gasteiger partial charge >= 0.3 is 0 Å². The first-order valence-electron chi connectivity index (χ1n) is 14.1. The number of anilines is 1. The Bertz CT molecular complexity index is 692. The zero-order valence-corrected chi connectivity index (χ0v) is 24.1. The largest absolute Gasteiger partial charge is 0.371 e. The third-order valence-corrected chi connectivity index (χ3v) is 7.58. The maximum absolute atomic E-state index is 3.88. The number of nitrogens with zero attached hydrogens (tertiary/aromatic N) is 1. The molecule has 0 atom stereocenters. The number of piperidine rings is 2. The Kier molecular flexibility index (Phi) is 9.34. The highest BCUT2D eigenvalue weighted by Gasteiger charge is 2.38. The van der Waals surface area contributed by atoms with Gasteiger partial charge in [-0.2, -0.15) is 0 Å². The van der Waals surface area contributed by atoms with Gasteiger partial charge in [-0.3, -0.25) is 0 Å². The Morgan fingerprint density at radius 1 is 0.657 bits per heavy atom. The molecule has 200 valence electrons. The fourth-order valence-corrected chi connectivity index (χ4v) is 7.09. The third kappa shape index (κ3) is 9.68. The van der Waals surface area contributed by atoms with Gasteiger partial charge in [0.05, 0.1) is 0 Å². The van der Waals surface area contributed by atoms with Gasteiger partial charge in [0.25, 0.3) is 0 Å². The SMILES string of the molecule is CC1(C)CC(NCCCN(CCCNC2CC(C)(C)NC(C)(C)C2)c2ccccc2)CC(C)(C)N1. The van der Waals surface area contributed by atoms with Crippen LogP contribution in [0.3, 0.4) is 0 Å². The summed E-state index contributed by atoms with van der Waals surface area (Å²) < 4.78 is 0. The zero-order valence-electron chi connectivity index (χ0n) is 24.1. The molecule has 0 spiro atoms. The van der Waals surface area contributed by atoms with Crippen molar-refractivity contribution in [3.05, 3.63) is 30.3 Å². The van der Waals surface area contributed by atoms with Crippen LogP contribution in [-0.4, -0.2) is 60.4 Å². The lowest BCUT2D eigenvalue weighted by atomic mass is 9.79. The summed E-state index contributed by atoms with van der Waals surface area (Å²) in [4.78, 5) is 2.58. The van der Waals surface area contributed by atoms with E-state index in [1.165, 1.54) is 44.2 Å². The van der Waals surface area contributed by atoms with Crippen molar-refractivity contribution in [2.75, 3.05) is 31.1 Å². The van der Waals surface area contributed by atoms with E-state index in [4.69, 9.17) is 0 Å². The van der Waals surface area contributed by atoms with E-state index in [0.29, 0.717) is 12.1 Å². The van der Waals surface area contributed by atoms with Crippen molar-refractivity contribution in [2.24, 2.45) is 0 Å². The molecule has 35 heavy (non-hydrogen) atoms. The maximum Gasteiger partial charge on any atom is 0.0366 e. The van der Waals surface area contributed by atoms with E-state index in [0.717, 1.165) is 26.2 Å². The molecule has 3 rings (SSSR count). The molecule has 2 aliphatic heterocycles. The molecule has 2 saturated heterocycles. The Labute approximate surface area is 216 Å². The van der Waals surface area contributed by atoms with Crippen LogP contribution in [0.1, 0.15) is 93.9 Å². The smallest absolute Gasteiger partial charge is 0.0366 e. The van der Waals surface area contributed by atoms with Crippen molar-refractivity contribution in [3.8, 4) is 0 Å². The van der Waals surface area contributed by atoms with Crippen LogP contribution in [0.4, 0.5) is 5.69 Å². The molecule has 2 heterocycles. The summed E-state index contributed by atoms with van der Waals surface area (Å²) in [6.45, 7) is 23.0. The van der Waals surface area contributed by atoms with Gasteiger partial charge in [0, 0.05) is 53.0 Å². The molecule has 2 fully saturated rings. The first-order valence-corrected chi connectivity index (χ1v) is 14.1. The van der Waals surface area contributed by atoms with Crippen LogP contribution in [0.2, 0.25) is 0 Å². The minimum absolute atomic E-state index is 0.196. The first-order chi connectivity index (χ1) is 16.2. The van der Waals surface area contributed by atoms with Crippen molar-refractivity contribution in [3.63, 3.8) is 0 Å². The van der Waals surface area contributed by atoms with Crippen molar-refractivity contribution in [2.45, 2.75) is 128 Å². The summed E-state index contributed by atoms with van der Waals surface area (Å²) in [6, 6.07) is 12.1. The van der Waals surface area contributed by atoms with Gasteiger partial charge in [-0.15, -0.1) is 0 Å². The molecule has 0 saturated carbocycles. The Balaban J connectivity index is 1.44. The van der Waals surface area contributed by atoms with E-state index in [-0.39, 0.29) is 22.2 Å². The number of rotatable bonds is 11. The van der Waals surface area contributed by atoms with Crippen LogP contribution in [0.5, 0.6) is 0 Å². The van der Waals surface area contributed by atoms with Crippen LogP contribution in [0, 0.1) is 0 Å². The van der Waals surface area contributed by atoms with Gasteiger partial charge in [0.2, 0.25) is 0 Å². The van der Waals surface area contributed by atoms with Crippen LogP contribution >= 0.6 is 0 Å². The summed E-state index contributed by atoms with van der Waals surface area (Å²) in [5.41, 5.74) is 2.13. The third-order valence-electron chi connectivity index (χ3n) is 7.58. The molecule has 0 aliphatic carbocycles. The van der Waals surface area contributed by atoms with Crippen molar-refractivity contribution in [1.29, 1.82) is 0 Å². The van der Waals surface area contributed by atoms with Crippen molar-refractivity contribution < 1.29 is 0 Å². The lowest BCUT2D eigenvalue weighted by Gasteiger charge is -2.47. The average molecular weight is 486 g/mol. The highest BCUT2D eigenvalue weighted by molar-refractivity contribution is 5.45. The van der Waals surface area contributed by atoms with Crippen molar-refractivity contribution >= 4 is 5.69 Å². The van der Waals surface area contributed by atoms with E-state index in [1.54, 1.807) is 0 Å². The molecule has 5 heteroatoms. The Morgan fingerprint density at radius 2 is 1.03 bits per heavy atom. The molecule has 1 aromatic rings. The minimum atomic E-state index is 0.196. The lowest BCUT2D eigenvalue weighted by molar-refractivity contribution is 0.146. The van der Waals surface area contributed by atoms with E-state index < -0.39 is 0 Å². The molecule has 0 bridgehead atoms. The molecule has 2 aliphatic rings. The zero-order chi connectivity index (χ0) is 25.7. The van der Waals surface area contributed by atoms with E-state index in [2.05, 4.69) is 112 Å². The standard InChI is InChI=1S/C30H55N5/c1-27(2)20-24(21-28(3,4)33-27)31-16-12-18-35(26-14-10-9-11-15-26)19-13-17-32-25-22-29(5,6)34-30(7,8)23-25/h9-11,14-15,24-25,31-34H,12-13,16-23H2,1-8H3. The predicted molar refractivity (Wildman–Crippen MR) is 153 cm³/mol. The molecule has 0 unspecified atom stereocenters. The van der Waals surface area contributed by atoms with Gasteiger partial charge in [0.15, 0.2) is 0 Å². The van der Waals surface area contributed by atoms with Gasteiger partial charge in [0.1, 0.15) is 0 Å². The topological polar surface area (TPSA) is 51.4 Å². The lowest BCUT2D eigenvalue weighted by Crippen LogP contribution is -2.61. The monoisotopic (exact) mass is 485 g/mol. The highest BCUT2D eigenvalue weighted by atomic mass is 15.1. The molecule has 1 aromatic carbocycles. The second-order valence-electron chi connectivity index (χ2n) is 13.9. The number of hydrogen-bond acceptors (Lipinski definition) is 5. The van der Waals surface area contributed by atoms with Crippen LogP contribution in [-0.2, 0) is 0 Å². The molecule has 0 aromatic heterocycles. The van der Waals surface area contributed by atoms with Crippen LogP contribution in [0.15, 0.2) is 30.3 Å². The molecular formula is C30H55N5. The Hall–Kier alpha value is -1.14. The minimum Gasteiger partial charge on any atom is -0.371 e. The summed E-state index contributed by atoms with van der Waals surface area (Å²) >= 11 is 0. The average Bonchev–Trinajstić information content (AvgIpc) is 2.68. The normalized spacial score (nSPS) is 23.8. The molecule has 0 amide bonds. The summed E-state index contributed by atoms with van der Waals surface area (Å²) in [5, 5.41) is 15.4. The number of benzene rings is 1. The fourth-order valence-electron chi connectivity index (χ4n) is 7.09. The number of hydrogen-bond donors (Lipinski definition) is 4. The second-order valence-corrected chi connectivity index (χ2v) is 13.9. The van der Waals surface area contributed by atoms with Gasteiger partial charge in [-0.1, -0.05) is 18.2 Å². The maximum atomic E-state index is 3.88. The molecular weight excluding hydrogens is 430 g/mol. The predicted octanol–water partition coefficient (Wildman–Crippen LogP) is 5.07. The first kappa shape index (κ1) is 28.4. The summed E-state index contributed by atoms with van der Waals surface area (Å²) in [7, 11) is 0. The van der Waals surface area contributed by atoms with Gasteiger partial charge in [-0.25, -0.2) is 0 Å². The van der Waals surface area contributed by atoms with Crippen molar-refractivity contribution in [1.82, 2.24) is 21.3 Å². The van der Waals surface area contributed by atoms with Gasteiger partial charge < -0.3 is 26.2 Å². The van der Waals surface area contributed by atoms with E-state index >= 15 is 0 Å². The summed E-state index contributed by atoms with van der Waals surface area (Å²) in [5.74, 6) is 0. The van der Waals surface area contributed by atoms with Crippen LogP contribution < -0.4 is 26.2 Å². The molecule has 4 N–H and O–H groups in total. The van der Waals surface area contributed by atoms with E-state index in [9.17, 15) is 0 Å². The Morgan fingerprint density at radius 3 is 1.40 bits per heavy atom. The van der Waals surface area contributed by atoms with Gasteiger partial charge in [-0.05, 0) is 119 Å². The number of para-hydroxylation sites is 1. The van der Waals surface area contributed by atoms with E-state index in [1.807, 2.05) is 0 Å². The fraction of sp³-hybridized carbons (Fsp3) is 0.800. The number of nitrogens with one attached hydrogen (secondary N) is 4. The summed E-state index contributed by atoms with van der Waals surface area (Å²) in [6.07, 6.45) is 7.10. The highest BCUT2D eigenvalue weighted by Crippen LogP contribution is 2.29. The quantitative estimate of drug-likeness (QED) is 0.330. The second kappa shape index (κ2) is 11.5.